The number of anilines is 1. The molecule has 1 amide bonds. The Morgan fingerprint density at radius 3 is 2.73 bits per heavy atom. The van der Waals surface area contributed by atoms with Gasteiger partial charge in [0.05, 0.1) is 11.4 Å². The zero-order valence-corrected chi connectivity index (χ0v) is 14.4. The lowest BCUT2D eigenvalue weighted by atomic mass is 10.1. The van der Waals surface area contributed by atoms with E-state index in [1.165, 1.54) is 4.68 Å². The Morgan fingerprint density at radius 2 is 2.08 bits per heavy atom. The third-order valence-corrected chi connectivity index (χ3v) is 3.68. The van der Waals surface area contributed by atoms with Crippen LogP contribution in [-0.2, 0) is 6.42 Å². The van der Waals surface area contributed by atoms with Crippen molar-refractivity contribution in [2.45, 2.75) is 26.7 Å². The molecule has 0 unspecified atom stereocenters. The molecule has 2 heterocycles. The van der Waals surface area contributed by atoms with E-state index in [9.17, 15) is 4.79 Å². The second-order valence-electron chi connectivity index (χ2n) is 5.52. The maximum absolute atomic E-state index is 12.5. The van der Waals surface area contributed by atoms with Gasteiger partial charge in [-0.3, -0.25) is 4.79 Å². The highest BCUT2D eigenvalue weighted by molar-refractivity contribution is 6.00. The van der Waals surface area contributed by atoms with Gasteiger partial charge in [-0.1, -0.05) is 48.9 Å². The molecule has 3 aromatic rings. The third-order valence-electron chi connectivity index (χ3n) is 3.68. The van der Waals surface area contributed by atoms with Crippen LogP contribution in [0.15, 0.2) is 40.1 Å². The largest absolute Gasteiger partial charge is 0.378 e. The molecular formula is C16H18N8O2. The summed E-state index contributed by atoms with van der Waals surface area (Å²) in [6.07, 6.45) is 1.31. The number of hydrogen-bond acceptors (Lipinski definition) is 8. The fraction of sp³-hybridized carbons (Fsp3) is 0.250. The molecule has 2 aromatic heterocycles. The molecule has 0 atom stereocenters. The van der Waals surface area contributed by atoms with E-state index in [1.54, 1.807) is 6.92 Å². The van der Waals surface area contributed by atoms with E-state index in [-0.39, 0.29) is 17.3 Å². The van der Waals surface area contributed by atoms with Gasteiger partial charge in [-0.2, -0.15) is 9.78 Å². The van der Waals surface area contributed by atoms with Gasteiger partial charge in [0.1, 0.15) is 0 Å². The number of amides is 1. The Bertz CT molecular complexity index is 929. The maximum atomic E-state index is 12.5. The minimum absolute atomic E-state index is 0.0668. The van der Waals surface area contributed by atoms with Gasteiger partial charge < -0.3 is 5.73 Å². The van der Waals surface area contributed by atoms with E-state index >= 15 is 0 Å². The standard InChI is InChI=1S/C16H18N8O2/c1-3-7-12-13(19-23-24(12)15-14(17)21-26-22-15)16(25)20-18-10(2)11-8-5-4-6-9-11/h4-6,8-9H,3,7H2,1-2H3,(H2,17,21)(H,20,25)/b18-10+. The maximum Gasteiger partial charge on any atom is 0.293 e. The number of nitrogens with zero attached hydrogens (tertiary/aromatic N) is 6. The first-order valence-electron chi connectivity index (χ1n) is 8.04. The summed E-state index contributed by atoms with van der Waals surface area (Å²) in [7, 11) is 0. The van der Waals surface area contributed by atoms with Crippen molar-refractivity contribution in [2.75, 3.05) is 5.73 Å². The molecule has 0 fully saturated rings. The molecule has 0 saturated heterocycles. The number of nitrogens with one attached hydrogen (secondary N) is 1. The van der Waals surface area contributed by atoms with Crippen LogP contribution in [0.2, 0.25) is 0 Å². The summed E-state index contributed by atoms with van der Waals surface area (Å²) in [6, 6.07) is 9.53. The SMILES string of the molecule is CCCc1c(C(=O)N/N=C(\C)c2ccccc2)nnn1-c1nonc1N. The summed E-state index contributed by atoms with van der Waals surface area (Å²) >= 11 is 0. The molecule has 3 N–H and O–H groups in total. The van der Waals surface area contributed by atoms with Gasteiger partial charge in [0.15, 0.2) is 5.69 Å². The van der Waals surface area contributed by atoms with Crippen LogP contribution < -0.4 is 11.2 Å². The summed E-state index contributed by atoms with van der Waals surface area (Å²) in [5, 5.41) is 19.3. The van der Waals surface area contributed by atoms with Gasteiger partial charge in [-0.05, 0) is 29.2 Å². The molecule has 0 aliphatic heterocycles. The van der Waals surface area contributed by atoms with E-state index in [1.807, 2.05) is 37.3 Å². The average molecular weight is 354 g/mol. The third kappa shape index (κ3) is 3.43. The molecule has 1 aromatic carbocycles. The first kappa shape index (κ1) is 17.3. The molecule has 10 nitrogen and oxygen atoms in total. The molecule has 134 valence electrons. The van der Waals surface area contributed by atoms with Gasteiger partial charge in [0.2, 0.25) is 11.6 Å². The fourth-order valence-corrected chi connectivity index (χ4v) is 2.38. The van der Waals surface area contributed by atoms with Crippen LogP contribution in [0.4, 0.5) is 5.82 Å². The lowest BCUT2D eigenvalue weighted by Crippen LogP contribution is -2.21. The lowest BCUT2D eigenvalue weighted by Gasteiger charge is -2.04. The molecule has 0 radical (unpaired) electrons. The first-order valence-corrected chi connectivity index (χ1v) is 8.04. The summed E-state index contributed by atoms with van der Waals surface area (Å²) in [6.45, 7) is 3.78. The highest BCUT2D eigenvalue weighted by atomic mass is 16.6. The number of nitrogens with two attached hydrogens (primary N) is 1. The lowest BCUT2D eigenvalue weighted by molar-refractivity contribution is 0.0948. The Morgan fingerprint density at radius 1 is 1.31 bits per heavy atom. The van der Waals surface area contributed by atoms with E-state index in [0.29, 0.717) is 17.8 Å². The van der Waals surface area contributed by atoms with Crippen molar-refractivity contribution in [3.05, 3.63) is 47.3 Å². The molecular weight excluding hydrogens is 336 g/mol. The Hall–Kier alpha value is -3.56. The van der Waals surface area contributed by atoms with Crippen LogP contribution in [0.25, 0.3) is 5.82 Å². The van der Waals surface area contributed by atoms with E-state index < -0.39 is 5.91 Å². The normalized spacial score (nSPS) is 11.5. The second kappa shape index (κ2) is 7.55. The smallest absolute Gasteiger partial charge is 0.293 e. The van der Waals surface area contributed by atoms with Crippen molar-refractivity contribution in [2.24, 2.45) is 5.10 Å². The highest BCUT2D eigenvalue weighted by Gasteiger charge is 2.23. The summed E-state index contributed by atoms with van der Waals surface area (Å²) in [5.74, 6) is -0.203. The van der Waals surface area contributed by atoms with Crippen molar-refractivity contribution in [1.82, 2.24) is 30.7 Å². The number of hydrogen-bond donors (Lipinski definition) is 2. The Labute approximate surface area is 149 Å². The number of benzene rings is 1. The molecule has 0 aliphatic rings. The summed E-state index contributed by atoms with van der Waals surface area (Å²) in [4.78, 5) is 12.5. The molecule has 0 aliphatic carbocycles. The van der Waals surface area contributed by atoms with Crippen molar-refractivity contribution >= 4 is 17.4 Å². The molecule has 3 rings (SSSR count). The van der Waals surface area contributed by atoms with Crippen LogP contribution in [0.3, 0.4) is 0 Å². The predicted octanol–water partition coefficient (Wildman–Crippen LogP) is 1.34. The Balaban J connectivity index is 1.86. The minimum Gasteiger partial charge on any atom is -0.378 e. The predicted molar refractivity (Wildman–Crippen MR) is 93.7 cm³/mol. The fourth-order valence-electron chi connectivity index (χ4n) is 2.38. The van der Waals surface area contributed by atoms with Crippen LogP contribution >= 0.6 is 0 Å². The van der Waals surface area contributed by atoms with Gasteiger partial charge >= 0.3 is 0 Å². The van der Waals surface area contributed by atoms with Crippen molar-refractivity contribution in [3.8, 4) is 5.82 Å². The van der Waals surface area contributed by atoms with E-state index in [4.69, 9.17) is 5.73 Å². The zero-order chi connectivity index (χ0) is 18.5. The summed E-state index contributed by atoms with van der Waals surface area (Å²) in [5.41, 5.74) is 10.5. The van der Waals surface area contributed by atoms with Gasteiger partial charge in [-0.15, -0.1) is 5.10 Å². The first-order chi connectivity index (χ1) is 12.6. The number of carbonyl (C=O) groups is 1. The van der Waals surface area contributed by atoms with E-state index in [2.05, 4.69) is 35.8 Å². The molecule has 0 saturated carbocycles. The molecule has 10 heteroatoms. The molecule has 0 bridgehead atoms. The quantitative estimate of drug-likeness (QED) is 0.503. The van der Waals surface area contributed by atoms with Crippen molar-refractivity contribution in [3.63, 3.8) is 0 Å². The van der Waals surface area contributed by atoms with Crippen LogP contribution in [0, 0.1) is 0 Å². The van der Waals surface area contributed by atoms with Crippen LogP contribution in [0.1, 0.15) is 42.0 Å². The summed E-state index contributed by atoms with van der Waals surface area (Å²) < 4.78 is 5.95. The average Bonchev–Trinajstić information content (AvgIpc) is 3.26. The topological polar surface area (TPSA) is 137 Å². The van der Waals surface area contributed by atoms with Crippen LogP contribution in [-0.4, -0.2) is 36.9 Å². The number of hydrazone groups is 1. The Kier molecular flexibility index (Phi) is 5.02. The van der Waals surface area contributed by atoms with Crippen molar-refractivity contribution in [1.29, 1.82) is 0 Å². The van der Waals surface area contributed by atoms with Crippen molar-refractivity contribution < 1.29 is 9.42 Å². The second-order valence-corrected chi connectivity index (χ2v) is 5.52. The monoisotopic (exact) mass is 354 g/mol. The number of rotatable bonds is 6. The minimum atomic E-state index is -0.468. The highest BCUT2D eigenvalue weighted by Crippen LogP contribution is 2.17. The zero-order valence-electron chi connectivity index (χ0n) is 14.4. The molecule has 26 heavy (non-hydrogen) atoms. The number of aromatic nitrogens is 5. The van der Waals surface area contributed by atoms with E-state index in [0.717, 1.165) is 12.0 Å². The van der Waals surface area contributed by atoms with Gasteiger partial charge in [-0.25, -0.2) is 10.1 Å². The van der Waals surface area contributed by atoms with Crippen LogP contribution in [0.5, 0.6) is 0 Å². The number of carbonyl (C=O) groups excluding carboxylic acids is 1. The van der Waals surface area contributed by atoms with Gasteiger partial charge in [0.25, 0.3) is 5.91 Å². The number of nitrogen functional groups attached to an aromatic ring is 1. The molecule has 0 spiro atoms. The van der Waals surface area contributed by atoms with Gasteiger partial charge in [0, 0.05) is 0 Å².